The number of carbonyl (C=O) groups excluding carboxylic acids is 1. The zero-order valence-electron chi connectivity index (χ0n) is 10.0. The summed E-state index contributed by atoms with van der Waals surface area (Å²) >= 11 is 2.09. The number of carbonyl (C=O) groups is 1. The molecule has 0 fully saturated rings. The van der Waals surface area contributed by atoms with E-state index in [1.54, 1.807) is 25.1 Å². The summed E-state index contributed by atoms with van der Waals surface area (Å²) < 4.78 is 5.75. The molecule has 1 unspecified atom stereocenters. The lowest BCUT2D eigenvalue weighted by Gasteiger charge is -2.12. The average Bonchev–Trinajstić information content (AvgIpc) is 2.37. The van der Waals surface area contributed by atoms with Gasteiger partial charge in [0, 0.05) is 15.8 Å². The van der Waals surface area contributed by atoms with Crippen molar-refractivity contribution in [3.63, 3.8) is 0 Å². The third-order valence-electron chi connectivity index (χ3n) is 2.22. The first kappa shape index (κ1) is 15.2. The number of halogens is 1. The monoisotopic (exact) mass is 365 g/mol. The fourth-order valence-electron chi connectivity index (χ4n) is 1.29. The van der Waals surface area contributed by atoms with E-state index >= 15 is 0 Å². The molecule has 0 spiro atoms. The highest BCUT2D eigenvalue weighted by molar-refractivity contribution is 14.1. The Morgan fingerprint density at radius 1 is 1.56 bits per heavy atom. The van der Waals surface area contributed by atoms with Gasteiger partial charge in [0.2, 0.25) is 0 Å². The van der Waals surface area contributed by atoms with E-state index in [2.05, 4.69) is 27.9 Å². The molecule has 18 heavy (non-hydrogen) atoms. The maximum absolute atomic E-state index is 11.5. The van der Waals surface area contributed by atoms with Gasteiger partial charge in [-0.1, -0.05) is 0 Å². The number of benzene rings is 1. The highest BCUT2D eigenvalue weighted by Crippen LogP contribution is 2.20. The molecule has 0 aliphatic carbocycles. The Kier molecular flexibility index (Phi) is 6.37. The molecule has 5 nitrogen and oxygen atoms in total. The predicted molar refractivity (Wildman–Crippen MR) is 76.7 cm³/mol. The molecule has 0 aliphatic heterocycles. The number of esters is 1. The van der Waals surface area contributed by atoms with E-state index in [0.717, 1.165) is 9.26 Å². The fraction of sp³-hybridized carbons (Fsp3) is 0.417. The molecule has 0 heterocycles. The molecule has 0 bridgehead atoms. The molecule has 0 aliphatic rings. The van der Waals surface area contributed by atoms with Crippen molar-refractivity contribution in [2.75, 3.05) is 25.1 Å². The van der Waals surface area contributed by atoms with Crippen LogP contribution in [0.3, 0.4) is 0 Å². The Morgan fingerprint density at radius 3 is 2.83 bits per heavy atom. The van der Waals surface area contributed by atoms with Gasteiger partial charge < -0.3 is 20.3 Å². The number of nitrogens with one attached hydrogen (secondary N) is 1. The Balaban J connectivity index is 2.70. The van der Waals surface area contributed by atoms with Crippen LogP contribution in [0.2, 0.25) is 0 Å². The molecule has 1 rings (SSSR count). The van der Waals surface area contributed by atoms with Gasteiger partial charge in [-0.25, -0.2) is 4.79 Å². The standard InChI is InChI=1S/C12H16INO4/c1-2-18-12(17)8-3-4-11(10(13)5-8)14-6-9(16)7-15/h3-5,9,14-16H,2,6-7H2,1H3. The van der Waals surface area contributed by atoms with Crippen molar-refractivity contribution in [3.8, 4) is 0 Å². The first-order valence-corrected chi connectivity index (χ1v) is 6.65. The number of rotatable bonds is 6. The first-order chi connectivity index (χ1) is 8.58. The van der Waals surface area contributed by atoms with E-state index in [4.69, 9.17) is 9.84 Å². The fourth-order valence-corrected chi connectivity index (χ4v) is 2.00. The summed E-state index contributed by atoms with van der Waals surface area (Å²) in [7, 11) is 0. The van der Waals surface area contributed by atoms with E-state index in [0.29, 0.717) is 12.2 Å². The van der Waals surface area contributed by atoms with Crippen molar-refractivity contribution in [1.82, 2.24) is 0 Å². The summed E-state index contributed by atoms with van der Waals surface area (Å²) in [6.45, 7) is 2.07. The van der Waals surface area contributed by atoms with Gasteiger partial charge in [-0.05, 0) is 47.7 Å². The summed E-state index contributed by atoms with van der Waals surface area (Å²) in [5, 5.41) is 20.9. The molecule has 1 aromatic carbocycles. The summed E-state index contributed by atoms with van der Waals surface area (Å²) in [5.41, 5.74) is 1.30. The van der Waals surface area contributed by atoms with E-state index < -0.39 is 6.10 Å². The maximum atomic E-state index is 11.5. The summed E-state index contributed by atoms with van der Waals surface area (Å²) in [6.07, 6.45) is -0.800. The molecule has 100 valence electrons. The van der Waals surface area contributed by atoms with Gasteiger partial charge in [-0.15, -0.1) is 0 Å². The largest absolute Gasteiger partial charge is 0.462 e. The van der Waals surface area contributed by atoms with Crippen LogP contribution in [0.15, 0.2) is 18.2 Å². The van der Waals surface area contributed by atoms with Gasteiger partial charge in [-0.2, -0.15) is 0 Å². The van der Waals surface area contributed by atoms with Gasteiger partial charge in [0.15, 0.2) is 0 Å². The summed E-state index contributed by atoms with van der Waals surface area (Å²) in [6, 6.07) is 5.12. The number of hydrogen-bond donors (Lipinski definition) is 3. The third kappa shape index (κ3) is 4.43. The molecular weight excluding hydrogens is 349 g/mol. The molecule has 0 amide bonds. The zero-order valence-corrected chi connectivity index (χ0v) is 12.2. The van der Waals surface area contributed by atoms with Crippen LogP contribution in [-0.2, 0) is 4.74 Å². The lowest BCUT2D eigenvalue weighted by Crippen LogP contribution is -2.23. The number of ether oxygens (including phenoxy) is 1. The zero-order chi connectivity index (χ0) is 13.5. The minimum absolute atomic E-state index is 0.255. The van der Waals surface area contributed by atoms with Crippen LogP contribution < -0.4 is 5.32 Å². The molecule has 0 radical (unpaired) electrons. The molecule has 3 N–H and O–H groups in total. The highest BCUT2D eigenvalue weighted by Gasteiger charge is 2.09. The van der Waals surface area contributed by atoms with Gasteiger partial charge >= 0.3 is 5.97 Å². The smallest absolute Gasteiger partial charge is 0.338 e. The van der Waals surface area contributed by atoms with Crippen molar-refractivity contribution in [1.29, 1.82) is 0 Å². The second kappa shape index (κ2) is 7.55. The van der Waals surface area contributed by atoms with Crippen LogP contribution in [-0.4, -0.2) is 42.0 Å². The molecular formula is C12H16INO4. The summed E-state index contributed by atoms with van der Waals surface area (Å²) in [4.78, 5) is 11.5. The van der Waals surface area contributed by atoms with E-state index in [1.165, 1.54) is 0 Å². The Labute approximate surface area is 119 Å². The first-order valence-electron chi connectivity index (χ1n) is 5.58. The van der Waals surface area contributed by atoms with Crippen LogP contribution >= 0.6 is 22.6 Å². The van der Waals surface area contributed by atoms with Gasteiger partial charge in [-0.3, -0.25) is 0 Å². The normalized spacial score (nSPS) is 12.0. The lowest BCUT2D eigenvalue weighted by molar-refractivity contribution is 0.0526. The molecule has 0 aromatic heterocycles. The van der Waals surface area contributed by atoms with E-state index in [9.17, 15) is 9.90 Å². The van der Waals surface area contributed by atoms with E-state index in [1.807, 2.05) is 0 Å². The van der Waals surface area contributed by atoms with Crippen LogP contribution in [0.25, 0.3) is 0 Å². The molecule has 6 heteroatoms. The lowest BCUT2D eigenvalue weighted by atomic mass is 10.2. The number of hydrogen-bond acceptors (Lipinski definition) is 5. The van der Waals surface area contributed by atoms with Crippen molar-refractivity contribution >= 4 is 34.2 Å². The van der Waals surface area contributed by atoms with Crippen molar-refractivity contribution in [2.24, 2.45) is 0 Å². The molecule has 0 saturated heterocycles. The van der Waals surface area contributed by atoms with Gasteiger partial charge in [0.25, 0.3) is 0 Å². The van der Waals surface area contributed by atoms with Crippen LogP contribution in [0.5, 0.6) is 0 Å². The van der Waals surface area contributed by atoms with Crippen molar-refractivity contribution < 1.29 is 19.7 Å². The van der Waals surface area contributed by atoms with Crippen LogP contribution in [0.4, 0.5) is 5.69 Å². The SMILES string of the molecule is CCOC(=O)c1ccc(NCC(O)CO)c(I)c1. The van der Waals surface area contributed by atoms with Gasteiger partial charge in [0.1, 0.15) is 0 Å². The van der Waals surface area contributed by atoms with Crippen LogP contribution in [0, 0.1) is 3.57 Å². The Morgan fingerprint density at radius 2 is 2.28 bits per heavy atom. The summed E-state index contributed by atoms with van der Waals surface area (Å²) in [5.74, 6) is -0.350. The Bertz CT molecular complexity index is 411. The van der Waals surface area contributed by atoms with Crippen LogP contribution in [0.1, 0.15) is 17.3 Å². The topological polar surface area (TPSA) is 78.8 Å². The van der Waals surface area contributed by atoms with E-state index in [-0.39, 0.29) is 19.1 Å². The second-order valence-corrected chi connectivity index (χ2v) is 4.79. The molecule has 1 atom stereocenters. The Hall–Kier alpha value is -0.860. The third-order valence-corrected chi connectivity index (χ3v) is 3.11. The number of aliphatic hydroxyl groups excluding tert-OH is 2. The van der Waals surface area contributed by atoms with Crippen molar-refractivity contribution in [2.45, 2.75) is 13.0 Å². The number of aliphatic hydroxyl groups is 2. The predicted octanol–water partition coefficient (Wildman–Crippen LogP) is 1.23. The second-order valence-electron chi connectivity index (χ2n) is 3.63. The van der Waals surface area contributed by atoms with Gasteiger partial charge in [0.05, 0.1) is 24.9 Å². The minimum Gasteiger partial charge on any atom is -0.462 e. The quantitative estimate of drug-likeness (QED) is 0.522. The minimum atomic E-state index is -0.800. The average molecular weight is 365 g/mol. The van der Waals surface area contributed by atoms with Crippen molar-refractivity contribution in [3.05, 3.63) is 27.3 Å². The molecule has 1 aromatic rings. The number of anilines is 1. The highest BCUT2D eigenvalue weighted by atomic mass is 127. The maximum Gasteiger partial charge on any atom is 0.338 e. The molecule has 0 saturated carbocycles.